The normalized spacial score (nSPS) is 17.3. The summed E-state index contributed by atoms with van der Waals surface area (Å²) in [4.78, 5) is 23.4. The van der Waals surface area contributed by atoms with E-state index in [-0.39, 0.29) is 6.09 Å². The monoisotopic (exact) mass is 489 g/mol. The molecule has 3 aromatic rings. The molecule has 0 spiro atoms. The molecule has 0 bridgehead atoms. The van der Waals surface area contributed by atoms with Gasteiger partial charge in [0, 0.05) is 50.6 Å². The zero-order chi connectivity index (χ0) is 25.3. The van der Waals surface area contributed by atoms with Crippen LogP contribution in [0, 0.1) is 0 Å². The maximum atomic E-state index is 12.4. The first kappa shape index (κ1) is 24.1. The number of carbonyl (C=O) groups is 1. The fourth-order valence-electron chi connectivity index (χ4n) is 4.55. The molecule has 5 rings (SSSR count). The number of hydrogen-bond donors (Lipinski definition) is 1. The topological polar surface area (TPSA) is 78.2 Å². The standard InChI is InChI=1S/C27H35N7O2/c1-27(2,3)36-26(35)33-13-11-20(12-14-33)24-10-9-23-19-28-25(30-34(23)24)29-21-5-7-22(8-6-21)32-17-15-31(4)16-18-32/h5-11,19H,12-18H2,1-4H3,(H,29,30). The van der Waals surface area contributed by atoms with Gasteiger partial charge < -0.3 is 24.8 Å². The molecule has 9 heteroatoms. The van der Waals surface area contributed by atoms with Gasteiger partial charge in [0.1, 0.15) is 5.60 Å². The van der Waals surface area contributed by atoms with E-state index in [1.165, 1.54) is 5.69 Å². The van der Waals surface area contributed by atoms with Gasteiger partial charge in [-0.2, -0.15) is 0 Å². The molecule has 0 atom stereocenters. The highest BCUT2D eigenvalue weighted by Crippen LogP contribution is 2.26. The second-order valence-corrected chi connectivity index (χ2v) is 10.5. The largest absolute Gasteiger partial charge is 0.444 e. The number of likely N-dealkylation sites (N-methyl/N-ethyl adjacent to an activating group) is 1. The molecule has 0 aliphatic carbocycles. The Kier molecular flexibility index (Phi) is 6.57. The number of nitrogens with one attached hydrogen (secondary N) is 1. The highest BCUT2D eigenvalue weighted by Gasteiger charge is 2.24. The quantitative estimate of drug-likeness (QED) is 0.587. The average molecular weight is 490 g/mol. The van der Waals surface area contributed by atoms with Crippen LogP contribution in [0.3, 0.4) is 0 Å². The van der Waals surface area contributed by atoms with Gasteiger partial charge in [-0.25, -0.2) is 14.3 Å². The second kappa shape index (κ2) is 9.81. The van der Waals surface area contributed by atoms with Crippen molar-refractivity contribution in [2.45, 2.75) is 32.8 Å². The number of nitrogens with zero attached hydrogens (tertiary/aromatic N) is 6. The molecular formula is C27H35N7O2. The molecule has 1 N–H and O–H groups in total. The summed E-state index contributed by atoms with van der Waals surface area (Å²) in [6, 6.07) is 12.5. The van der Waals surface area contributed by atoms with Crippen molar-refractivity contribution in [3.63, 3.8) is 0 Å². The molecule has 1 amide bonds. The number of aromatic nitrogens is 3. The minimum absolute atomic E-state index is 0.273. The van der Waals surface area contributed by atoms with Crippen molar-refractivity contribution in [3.8, 4) is 0 Å². The summed E-state index contributed by atoms with van der Waals surface area (Å²) in [7, 11) is 2.17. The van der Waals surface area contributed by atoms with Crippen molar-refractivity contribution >= 4 is 34.5 Å². The van der Waals surface area contributed by atoms with Gasteiger partial charge in [-0.15, -0.1) is 5.10 Å². The number of carbonyl (C=O) groups excluding carboxylic acids is 1. The average Bonchev–Trinajstić information content (AvgIpc) is 3.27. The molecule has 0 unspecified atom stereocenters. The molecule has 1 saturated heterocycles. The number of piperazine rings is 1. The van der Waals surface area contributed by atoms with Gasteiger partial charge in [-0.05, 0) is 76.2 Å². The van der Waals surface area contributed by atoms with Crippen molar-refractivity contribution in [1.82, 2.24) is 24.4 Å². The Hall–Kier alpha value is -3.59. The minimum atomic E-state index is -0.496. The maximum Gasteiger partial charge on any atom is 0.410 e. The Labute approximate surface area is 212 Å². The highest BCUT2D eigenvalue weighted by molar-refractivity contribution is 5.73. The lowest BCUT2D eigenvalue weighted by Crippen LogP contribution is -2.44. The molecule has 2 aliphatic heterocycles. The molecule has 36 heavy (non-hydrogen) atoms. The molecule has 4 heterocycles. The van der Waals surface area contributed by atoms with Crippen LogP contribution in [0.5, 0.6) is 0 Å². The van der Waals surface area contributed by atoms with Gasteiger partial charge in [-0.1, -0.05) is 6.08 Å². The molecule has 190 valence electrons. The summed E-state index contributed by atoms with van der Waals surface area (Å²) < 4.78 is 7.43. The van der Waals surface area contributed by atoms with Crippen LogP contribution in [-0.2, 0) is 4.74 Å². The van der Waals surface area contributed by atoms with Crippen molar-refractivity contribution in [2.75, 3.05) is 56.5 Å². The first-order valence-corrected chi connectivity index (χ1v) is 12.6. The van der Waals surface area contributed by atoms with E-state index in [0.717, 1.165) is 55.1 Å². The third kappa shape index (κ3) is 5.46. The van der Waals surface area contributed by atoms with E-state index in [4.69, 9.17) is 9.84 Å². The molecule has 1 aromatic carbocycles. The summed E-state index contributed by atoms with van der Waals surface area (Å²) in [5.41, 5.74) is 4.80. The predicted octanol–water partition coefficient (Wildman–Crippen LogP) is 4.25. The number of hydrogen-bond acceptors (Lipinski definition) is 7. The van der Waals surface area contributed by atoms with Gasteiger partial charge in [0.25, 0.3) is 0 Å². The van der Waals surface area contributed by atoms with Gasteiger partial charge in [0.15, 0.2) is 0 Å². The van der Waals surface area contributed by atoms with Crippen molar-refractivity contribution < 1.29 is 9.53 Å². The lowest BCUT2D eigenvalue weighted by molar-refractivity contribution is 0.0270. The van der Waals surface area contributed by atoms with Gasteiger partial charge in [0.05, 0.1) is 17.4 Å². The molecular weight excluding hydrogens is 454 g/mol. The first-order valence-electron chi connectivity index (χ1n) is 12.6. The van der Waals surface area contributed by atoms with E-state index < -0.39 is 5.60 Å². The summed E-state index contributed by atoms with van der Waals surface area (Å²) in [5.74, 6) is 0.541. The molecule has 0 saturated carbocycles. The zero-order valence-corrected chi connectivity index (χ0v) is 21.6. The SMILES string of the molecule is CN1CCN(c2ccc(Nc3ncc4ccc(C5=CCN(C(=O)OC(C)(C)C)CC5)n4n3)cc2)CC1. The van der Waals surface area contributed by atoms with Gasteiger partial charge in [0.2, 0.25) is 5.95 Å². The third-order valence-corrected chi connectivity index (χ3v) is 6.58. The summed E-state index contributed by atoms with van der Waals surface area (Å²) in [6.45, 7) is 11.1. The number of amides is 1. The molecule has 1 fully saturated rings. The molecule has 2 aromatic heterocycles. The lowest BCUT2D eigenvalue weighted by atomic mass is 10.1. The van der Waals surface area contributed by atoms with Crippen LogP contribution >= 0.6 is 0 Å². The van der Waals surface area contributed by atoms with E-state index in [1.807, 2.05) is 37.5 Å². The Morgan fingerprint density at radius 1 is 1.00 bits per heavy atom. The van der Waals surface area contributed by atoms with Gasteiger partial charge >= 0.3 is 6.09 Å². The van der Waals surface area contributed by atoms with E-state index in [9.17, 15) is 4.79 Å². The summed E-state index contributed by atoms with van der Waals surface area (Å²) in [5, 5.41) is 8.10. The fraction of sp³-hybridized carbons (Fsp3) is 0.444. The number of fused-ring (bicyclic) bond motifs is 1. The molecule has 2 aliphatic rings. The lowest BCUT2D eigenvalue weighted by Gasteiger charge is -2.34. The van der Waals surface area contributed by atoms with Crippen molar-refractivity contribution in [3.05, 3.63) is 54.4 Å². The minimum Gasteiger partial charge on any atom is -0.444 e. The summed E-state index contributed by atoms with van der Waals surface area (Å²) >= 11 is 0. The van der Waals surface area contributed by atoms with Crippen LogP contribution in [0.4, 0.5) is 22.1 Å². The van der Waals surface area contributed by atoms with Crippen LogP contribution in [0.2, 0.25) is 0 Å². The van der Waals surface area contributed by atoms with Crippen molar-refractivity contribution in [2.24, 2.45) is 0 Å². The van der Waals surface area contributed by atoms with Crippen LogP contribution in [0.25, 0.3) is 11.1 Å². The van der Waals surface area contributed by atoms with Gasteiger partial charge in [-0.3, -0.25) is 0 Å². The maximum absolute atomic E-state index is 12.4. The van der Waals surface area contributed by atoms with E-state index in [2.05, 4.69) is 63.6 Å². The fourth-order valence-corrected chi connectivity index (χ4v) is 4.55. The number of anilines is 3. The van der Waals surface area contributed by atoms with E-state index >= 15 is 0 Å². The number of ether oxygens (including phenoxy) is 1. The number of benzene rings is 1. The number of rotatable bonds is 4. The molecule has 9 nitrogen and oxygen atoms in total. The van der Waals surface area contributed by atoms with Crippen molar-refractivity contribution in [1.29, 1.82) is 0 Å². The van der Waals surface area contributed by atoms with E-state index in [0.29, 0.717) is 19.0 Å². The Morgan fingerprint density at radius 2 is 1.75 bits per heavy atom. The van der Waals surface area contributed by atoms with Crippen LogP contribution < -0.4 is 10.2 Å². The molecule has 0 radical (unpaired) electrons. The van der Waals surface area contributed by atoms with Crippen LogP contribution in [0.15, 0.2) is 48.7 Å². The van der Waals surface area contributed by atoms with Crippen LogP contribution in [-0.4, -0.2) is 82.4 Å². The third-order valence-electron chi connectivity index (χ3n) is 6.58. The smallest absolute Gasteiger partial charge is 0.410 e. The van der Waals surface area contributed by atoms with E-state index in [1.54, 1.807) is 4.90 Å². The Balaban J connectivity index is 1.28. The Bertz CT molecular complexity index is 1250. The summed E-state index contributed by atoms with van der Waals surface area (Å²) in [6.07, 6.45) is 4.38. The Morgan fingerprint density at radius 3 is 2.42 bits per heavy atom. The second-order valence-electron chi connectivity index (χ2n) is 10.5. The zero-order valence-electron chi connectivity index (χ0n) is 21.6. The highest BCUT2D eigenvalue weighted by atomic mass is 16.6. The predicted molar refractivity (Wildman–Crippen MR) is 143 cm³/mol. The first-order chi connectivity index (χ1) is 17.2. The van der Waals surface area contributed by atoms with Crippen LogP contribution in [0.1, 0.15) is 32.9 Å².